The molecule has 0 radical (unpaired) electrons. The predicted octanol–water partition coefficient (Wildman–Crippen LogP) is 1.69. The molecule has 1 atom stereocenters. The smallest absolute Gasteiger partial charge is 0.262 e. The molecule has 0 bridgehead atoms. The summed E-state index contributed by atoms with van der Waals surface area (Å²) in [6.45, 7) is 5.19. The number of nitrogens with one attached hydrogen (secondary N) is 2. The molecule has 1 heterocycles. The average molecular weight is 220 g/mol. The number of rotatable bonds is 3. The summed E-state index contributed by atoms with van der Waals surface area (Å²) in [5.41, 5.74) is 1.91. The molecule has 86 valence electrons. The van der Waals surface area contributed by atoms with Crippen LogP contribution in [-0.4, -0.2) is 19.1 Å². The highest BCUT2D eigenvalue weighted by molar-refractivity contribution is 5.95. The van der Waals surface area contributed by atoms with E-state index in [1.165, 1.54) is 0 Å². The molecule has 0 fully saturated rings. The summed E-state index contributed by atoms with van der Waals surface area (Å²) in [5.74, 6) is 0.646. The zero-order chi connectivity index (χ0) is 11.5. The van der Waals surface area contributed by atoms with E-state index in [1.54, 1.807) is 0 Å². The van der Waals surface area contributed by atoms with E-state index in [1.807, 2.05) is 18.2 Å². The molecule has 1 amide bonds. The minimum absolute atomic E-state index is 0.0965. The van der Waals surface area contributed by atoms with Crippen LogP contribution in [0.2, 0.25) is 0 Å². The molecule has 0 spiro atoms. The van der Waals surface area contributed by atoms with Crippen LogP contribution in [0.25, 0.3) is 0 Å². The molecule has 0 saturated carbocycles. The van der Waals surface area contributed by atoms with Crippen LogP contribution in [0.4, 0.5) is 5.69 Å². The van der Waals surface area contributed by atoms with E-state index in [0.717, 1.165) is 23.5 Å². The van der Waals surface area contributed by atoms with Crippen molar-refractivity contribution in [2.75, 3.05) is 18.5 Å². The molecule has 1 aromatic carbocycles. The van der Waals surface area contributed by atoms with Crippen LogP contribution in [-0.2, 0) is 4.79 Å². The fourth-order valence-corrected chi connectivity index (χ4v) is 1.79. The predicted molar refractivity (Wildman–Crippen MR) is 62.7 cm³/mol. The Kier molecular flexibility index (Phi) is 3.10. The van der Waals surface area contributed by atoms with Crippen molar-refractivity contribution in [3.63, 3.8) is 0 Å². The van der Waals surface area contributed by atoms with Crippen LogP contribution >= 0.6 is 0 Å². The lowest BCUT2D eigenvalue weighted by molar-refractivity contribution is -0.118. The van der Waals surface area contributed by atoms with E-state index in [4.69, 9.17) is 4.74 Å². The highest BCUT2D eigenvalue weighted by Gasteiger charge is 2.16. The van der Waals surface area contributed by atoms with Crippen LogP contribution in [0.5, 0.6) is 5.75 Å². The van der Waals surface area contributed by atoms with Gasteiger partial charge < -0.3 is 15.4 Å². The molecule has 0 aromatic heterocycles. The van der Waals surface area contributed by atoms with E-state index >= 15 is 0 Å². The van der Waals surface area contributed by atoms with Gasteiger partial charge in [-0.1, -0.05) is 13.0 Å². The third-order valence-electron chi connectivity index (χ3n) is 2.65. The number of fused-ring (bicyclic) bond motifs is 1. The van der Waals surface area contributed by atoms with Gasteiger partial charge in [0, 0.05) is 6.04 Å². The Morgan fingerprint density at radius 2 is 2.38 bits per heavy atom. The van der Waals surface area contributed by atoms with Gasteiger partial charge in [0.25, 0.3) is 5.91 Å². The van der Waals surface area contributed by atoms with Gasteiger partial charge >= 0.3 is 0 Å². The van der Waals surface area contributed by atoms with Crippen molar-refractivity contribution in [2.24, 2.45) is 0 Å². The molecule has 1 unspecified atom stereocenters. The van der Waals surface area contributed by atoms with E-state index in [-0.39, 0.29) is 18.6 Å². The lowest BCUT2D eigenvalue weighted by atomic mass is 10.1. The standard InChI is InChI=1S/C12H16N2O2/c1-3-13-8(2)9-4-5-11-10(6-9)14-12(15)7-16-11/h4-6,8,13H,3,7H2,1-2H3,(H,14,15). The molecule has 16 heavy (non-hydrogen) atoms. The molecule has 0 aliphatic carbocycles. The summed E-state index contributed by atoms with van der Waals surface area (Å²) in [7, 11) is 0. The number of benzene rings is 1. The van der Waals surface area contributed by atoms with E-state index in [9.17, 15) is 4.79 Å². The second kappa shape index (κ2) is 4.53. The topological polar surface area (TPSA) is 50.4 Å². The van der Waals surface area contributed by atoms with Crippen LogP contribution in [0.1, 0.15) is 25.5 Å². The third-order valence-corrected chi connectivity index (χ3v) is 2.65. The van der Waals surface area contributed by atoms with E-state index in [0.29, 0.717) is 0 Å². The summed E-state index contributed by atoms with van der Waals surface area (Å²) < 4.78 is 5.30. The molecule has 0 saturated heterocycles. The maximum atomic E-state index is 11.2. The van der Waals surface area contributed by atoms with Crippen molar-refractivity contribution < 1.29 is 9.53 Å². The fraction of sp³-hybridized carbons (Fsp3) is 0.417. The Bertz CT molecular complexity index is 404. The average Bonchev–Trinajstić information content (AvgIpc) is 2.28. The van der Waals surface area contributed by atoms with Crippen LogP contribution in [0.3, 0.4) is 0 Å². The van der Waals surface area contributed by atoms with Crippen LogP contribution < -0.4 is 15.4 Å². The zero-order valence-corrected chi connectivity index (χ0v) is 9.54. The SMILES string of the molecule is CCNC(C)c1ccc2c(c1)NC(=O)CO2. The summed E-state index contributed by atoms with van der Waals surface area (Å²) in [4.78, 5) is 11.2. The second-order valence-electron chi connectivity index (χ2n) is 3.87. The van der Waals surface area contributed by atoms with Crippen molar-refractivity contribution in [3.8, 4) is 5.75 Å². The lowest BCUT2D eigenvalue weighted by Gasteiger charge is -2.20. The Morgan fingerprint density at radius 1 is 1.56 bits per heavy atom. The Labute approximate surface area is 95.0 Å². The summed E-state index contributed by atoms with van der Waals surface area (Å²) in [6, 6.07) is 6.15. The van der Waals surface area contributed by atoms with Gasteiger partial charge in [0.15, 0.2) is 6.61 Å². The number of hydrogen-bond acceptors (Lipinski definition) is 3. The van der Waals surface area contributed by atoms with Crippen molar-refractivity contribution in [1.29, 1.82) is 0 Å². The molecule has 4 heteroatoms. The molecule has 4 nitrogen and oxygen atoms in total. The van der Waals surface area contributed by atoms with E-state index in [2.05, 4.69) is 24.5 Å². The van der Waals surface area contributed by atoms with Gasteiger partial charge in [-0.15, -0.1) is 0 Å². The molecule has 2 rings (SSSR count). The molecule has 1 aliphatic heterocycles. The molecular formula is C12H16N2O2. The van der Waals surface area contributed by atoms with Crippen molar-refractivity contribution in [1.82, 2.24) is 5.32 Å². The van der Waals surface area contributed by atoms with Gasteiger partial charge in [-0.3, -0.25) is 4.79 Å². The number of carbonyl (C=O) groups excluding carboxylic acids is 1. The van der Waals surface area contributed by atoms with Crippen molar-refractivity contribution in [3.05, 3.63) is 23.8 Å². The van der Waals surface area contributed by atoms with Crippen LogP contribution in [0, 0.1) is 0 Å². The third kappa shape index (κ3) is 2.17. The number of carbonyl (C=O) groups is 1. The number of amides is 1. The fourth-order valence-electron chi connectivity index (χ4n) is 1.79. The highest BCUT2D eigenvalue weighted by atomic mass is 16.5. The van der Waals surface area contributed by atoms with Gasteiger partial charge in [0.2, 0.25) is 0 Å². The maximum absolute atomic E-state index is 11.2. The Balaban J connectivity index is 2.24. The van der Waals surface area contributed by atoms with Gasteiger partial charge in [0.05, 0.1) is 5.69 Å². The van der Waals surface area contributed by atoms with Gasteiger partial charge in [0.1, 0.15) is 5.75 Å². The molecule has 1 aromatic rings. The van der Waals surface area contributed by atoms with E-state index < -0.39 is 0 Å². The molecular weight excluding hydrogens is 204 g/mol. The first-order valence-electron chi connectivity index (χ1n) is 5.50. The first kappa shape index (κ1) is 11.0. The first-order chi connectivity index (χ1) is 7.70. The second-order valence-corrected chi connectivity index (χ2v) is 3.87. The quantitative estimate of drug-likeness (QED) is 0.815. The zero-order valence-electron chi connectivity index (χ0n) is 9.54. The number of anilines is 1. The minimum atomic E-state index is -0.0965. The Hall–Kier alpha value is -1.55. The Morgan fingerprint density at radius 3 is 3.12 bits per heavy atom. The van der Waals surface area contributed by atoms with Crippen molar-refractivity contribution >= 4 is 11.6 Å². The number of hydrogen-bond donors (Lipinski definition) is 2. The molecule has 2 N–H and O–H groups in total. The number of ether oxygens (including phenoxy) is 1. The normalized spacial score (nSPS) is 16.0. The highest BCUT2D eigenvalue weighted by Crippen LogP contribution is 2.30. The largest absolute Gasteiger partial charge is 0.482 e. The summed E-state index contributed by atoms with van der Waals surface area (Å²) in [5, 5.41) is 6.13. The van der Waals surface area contributed by atoms with Gasteiger partial charge in [-0.05, 0) is 31.2 Å². The summed E-state index contributed by atoms with van der Waals surface area (Å²) >= 11 is 0. The minimum Gasteiger partial charge on any atom is -0.482 e. The van der Waals surface area contributed by atoms with Gasteiger partial charge in [-0.2, -0.15) is 0 Å². The van der Waals surface area contributed by atoms with Crippen molar-refractivity contribution in [2.45, 2.75) is 19.9 Å². The lowest BCUT2D eigenvalue weighted by Crippen LogP contribution is -2.26. The van der Waals surface area contributed by atoms with Gasteiger partial charge in [-0.25, -0.2) is 0 Å². The maximum Gasteiger partial charge on any atom is 0.262 e. The molecule has 1 aliphatic rings. The summed E-state index contributed by atoms with van der Waals surface area (Å²) in [6.07, 6.45) is 0. The first-order valence-corrected chi connectivity index (χ1v) is 5.50. The van der Waals surface area contributed by atoms with Crippen LogP contribution in [0.15, 0.2) is 18.2 Å². The monoisotopic (exact) mass is 220 g/mol.